The predicted octanol–water partition coefficient (Wildman–Crippen LogP) is 0.901. The van der Waals surface area contributed by atoms with Crippen molar-refractivity contribution in [2.24, 2.45) is 0 Å². The van der Waals surface area contributed by atoms with Gasteiger partial charge in [-0.15, -0.1) is 5.92 Å². The van der Waals surface area contributed by atoms with Gasteiger partial charge in [-0.25, -0.2) is 0 Å². The summed E-state index contributed by atoms with van der Waals surface area (Å²) in [7, 11) is 0. The standard InChI is InChI=1S/C8H12N2/c1-3-4-7-10-8(2)5-6-9/h8,10H,5,7H2,1-2H3. The average Bonchev–Trinajstić information content (AvgIpc) is 1.89. The normalized spacial score (nSPS) is 10.9. The lowest BCUT2D eigenvalue weighted by Gasteiger charge is -2.04. The summed E-state index contributed by atoms with van der Waals surface area (Å²) in [4.78, 5) is 0. The topological polar surface area (TPSA) is 35.8 Å². The molecule has 1 unspecified atom stereocenters. The molecule has 0 aliphatic heterocycles. The Kier molecular flexibility index (Phi) is 5.53. The van der Waals surface area contributed by atoms with Crippen molar-refractivity contribution >= 4 is 0 Å². The monoisotopic (exact) mass is 136 g/mol. The van der Waals surface area contributed by atoms with E-state index in [1.165, 1.54) is 0 Å². The third-order valence-electron chi connectivity index (χ3n) is 1.11. The summed E-state index contributed by atoms with van der Waals surface area (Å²) in [5.74, 6) is 5.64. The lowest BCUT2D eigenvalue weighted by atomic mass is 10.2. The van der Waals surface area contributed by atoms with Crippen LogP contribution in [0.1, 0.15) is 20.3 Å². The molecular weight excluding hydrogens is 124 g/mol. The van der Waals surface area contributed by atoms with E-state index in [1.54, 1.807) is 6.92 Å². The second-order valence-corrected chi connectivity index (χ2v) is 2.07. The minimum Gasteiger partial charge on any atom is -0.303 e. The first-order valence-corrected chi connectivity index (χ1v) is 3.31. The molecule has 10 heavy (non-hydrogen) atoms. The van der Waals surface area contributed by atoms with E-state index in [1.807, 2.05) is 6.92 Å². The number of nitrogens with one attached hydrogen (secondary N) is 1. The number of nitrogens with zero attached hydrogens (tertiary/aromatic N) is 1. The molecule has 0 aromatic heterocycles. The van der Waals surface area contributed by atoms with Crippen LogP contribution in [0.2, 0.25) is 0 Å². The fourth-order valence-corrected chi connectivity index (χ4v) is 0.523. The fraction of sp³-hybridized carbons (Fsp3) is 0.625. The van der Waals surface area contributed by atoms with Gasteiger partial charge in [0.2, 0.25) is 0 Å². The number of hydrogen-bond donors (Lipinski definition) is 1. The third-order valence-corrected chi connectivity index (χ3v) is 1.11. The SMILES string of the molecule is CC#CCNC(C)CC#N. The van der Waals surface area contributed by atoms with Gasteiger partial charge in [0.15, 0.2) is 0 Å². The molecule has 0 spiro atoms. The molecule has 0 saturated carbocycles. The maximum atomic E-state index is 8.27. The van der Waals surface area contributed by atoms with Crippen molar-refractivity contribution in [2.45, 2.75) is 26.3 Å². The van der Waals surface area contributed by atoms with Crippen LogP contribution in [0.4, 0.5) is 0 Å². The van der Waals surface area contributed by atoms with Crippen molar-refractivity contribution in [3.8, 4) is 17.9 Å². The highest BCUT2D eigenvalue weighted by Crippen LogP contribution is 1.85. The molecule has 2 heteroatoms. The first-order valence-electron chi connectivity index (χ1n) is 3.31. The van der Waals surface area contributed by atoms with Crippen molar-refractivity contribution < 1.29 is 0 Å². The van der Waals surface area contributed by atoms with Crippen LogP contribution < -0.4 is 5.32 Å². The van der Waals surface area contributed by atoms with Gasteiger partial charge in [-0.1, -0.05) is 5.92 Å². The Morgan fingerprint density at radius 3 is 2.80 bits per heavy atom. The second kappa shape index (κ2) is 6.13. The second-order valence-electron chi connectivity index (χ2n) is 2.07. The summed E-state index contributed by atoms with van der Waals surface area (Å²) >= 11 is 0. The van der Waals surface area contributed by atoms with Gasteiger partial charge in [0, 0.05) is 6.04 Å². The quantitative estimate of drug-likeness (QED) is 0.585. The lowest BCUT2D eigenvalue weighted by molar-refractivity contribution is 0.600. The van der Waals surface area contributed by atoms with Crippen molar-refractivity contribution in [3.05, 3.63) is 0 Å². The van der Waals surface area contributed by atoms with Crippen molar-refractivity contribution in [1.82, 2.24) is 5.32 Å². The molecule has 0 saturated heterocycles. The summed E-state index contributed by atoms with van der Waals surface area (Å²) in [6, 6.07) is 2.34. The maximum absolute atomic E-state index is 8.27. The Labute approximate surface area is 62.2 Å². The zero-order chi connectivity index (χ0) is 7.82. The summed E-state index contributed by atoms with van der Waals surface area (Å²) in [6.45, 7) is 4.45. The molecule has 0 radical (unpaired) electrons. The summed E-state index contributed by atoms with van der Waals surface area (Å²) in [6.07, 6.45) is 0.547. The van der Waals surface area contributed by atoms with Gasteiger partial charge >= 0.3 is 0 Å². The largest absolute Gasteiger partial charge is 0.303 e. The van der Waals surface area contributed by atoms with E-state index in [-0.39, 0.29) is 6.04 Å². The molecular formula is C8H12N2. The Morgan fingerprint density at radius 1 is 1.60 bits per heavy atom. The molecule has 0 bridgehead atoms. The molecule has 0 aliphatic carbocycles. The van der Waals surface area contributed by atoms with Gasteiger partial charge in [0.1, 0.15) is 0 Å². The summed E-state index contributed by atoms with van der Waals surface area (Å²) in [5, 5.41) is 11.4. The van der Waals surface area contributed by atoms with Gasteiger partial charge in [-0.2, -0.15) is 5.26 Å². The highest BCUT2D eigenvalue weighted by atomic mass is 14.9. The Bertz CT molecular complexity index is 168. The van der Waals surface area contributed by atoms with Gasteiger partial charge in [0.25, 0.3) is 0 Å². The fourth-order valence-electron chi connectivity index (χ4n) is 0.523. The first kappa shape index (κ1) is 9.01. The van der Waals surface area contributed by atoms with Crippen LogP contribution >= 0.6 is 0 Å². The number of nitriles is 1. The van der Waals surface area contributed by atoms with E-state index in [0.29, 0.717) is 13.0 Å². The van der Waals surface area contributed by atoms with Gasteiger partial charge < -0.3 is 5.32 Å². The highest BCUT2D eigenvalue weighted by molar-refractivity contribution is 4.97. The predicted molar refractivity (Wildman–Crippen MR) is 41.1 cm³/mol. The molecule has 0 aromatic rings. The summed E-state index contributed by atoms with van der Waals surface area (Å²) < 4.78 is 0. The molecule has 2 nitrogen and oxygen atoms in total. The van der Waals surface area contributed by atoms with Crippen LogP contribution in [0, 0.1) is 23.2 Å². The van der Waals surface area contributed by atoms with Crippen LogP contribution in [0.5, 0.6) is 0 Å². The highest BCUT2D eigenvalue weighted by Gasteiger charge is 1.95. The average molecular weight is 136 g/mol. The molecule has 0 amide bonds. The molecule has 0 rings (SSSR count). The van der Waals surface area contributed by atoms with Crippen LogP contribution in [-0.2, 0) is 0 Å². The van der Waals surface area contributed by atoms with E-state index in [2.05, 4.69) is 23.2 Å². The zero-order valence-corrected chi connectivity index (χ0v) is 6.44. The maximum Gasteiger partial charge on any atom is 0.0638 e. The molecule has 54 valence electrons. The van der Waals surface area contributed by atoms with Gasteiger partial charge in [0.05, 0.1) is 19.0 Å². The zero-order valence-electron chi connectivity index (χ0n) is 6.44. The van der Waals surface area contributed by atoms with Crippen LogP contribution in [0.25, 0.3) is 0 Å². The van der Waals surface area contributed by atoms with E-state index in [9.17, 15) is 0 Å². The van der Waals surface area contributed by atoms with E-state index in [4.69, 9.17) is 5.26 Å². The van der Waals surface area contributed by atoms with E-state index < -0.39 is 0 Å². The number of rotatable bonds is 3. The van der Waals surface area contributed by atoms with Gasteiger partial charge in [-0.05, 0) is 13.8 Å². The van der Waals surface area contributed by atoms with E-state index >= 15 is 0 Å². The van der Waals surface area contributed by atoms with Crippen molar-refractivity contribution in [3.63, 3.8) is 0 Å². The molecule has 0 aromatic carbocycles. The molecule has 0 heterocycles. The summed E-state index contributed by atoms with van der Waals surface area (Å²) in [5.41, 5.74) is 0. The lowest BCUT2D eigenvalue weighted by Crippen LogP contribution is -2.25. The van der Waals surface area contributed by atoms with Crippen LogP contribution in [0.15, 0.2) is 0 Å². The van der Waals surface area contributed by atoms with E-state index in [0.717, 1.165) is 0 Å². The molecule has 1 N–H and O–H groups in total. The molecule has 0 fully saturated rings. The van der Waals surface area contributed by atoms with Crippen molar-refractivity contribution in [1.29, 1.82) is 5.26 Å². The molecule has 0 aliphatic rings. The number of hydrogen-bond acceptors (Lipinski definition) is 2. The van der Waals surface area contributed by atoms with Gasteiger partial charge in [-0.3, -0.25) is 0 Å². The molecule has 1 atom stereocenters. The smallest absolute Gasteiger partial charge is 0.0638 e. The first-order chi connectivity index (χ1) is 4.81. The Morgan fingerprint density at radius 2 is 2.30 bits per heavy atom. The van der Waals surface area contributed by atoms with Crippen LogP contribution in [-0.4, -0.2) is 12.6 Å². The van der Waals surface area contributed by atoms with Crippen LogP contribution in [0.3, 0.4) is 0 Å². The van der Waals surface area contributed by atoms with Crippen molar-refractivity contribution in [2.75, 3.05) is 6.54 Å². The Balaban J connectivity index is 3.29. The Hall–Kier alpha value is -0.990. The third kappa shape index (κ3) is 5.15. The minimum atomic E-state index is 0.255. The minimum absolute atomic E-state index is 0.255.